The van der Waals surface area contributed by atoms with E-state index in [-0.39, 0.29) is 12.6 Å². The molecule has 1 aliphatic carbocycles. The van der Waals surface area contributed by atoms with Crippen LogP contribution in [0, 0.1) is 0 Å². The number of aromatic amines is 1. The molecule has 0 fully saturated rings. The number of fused-ring (bicyclic) bond motifs is 1. The Bertz CT molecular complexity index is 368. The number of hydrogen-bond acceptors (Lipinski definition) is 3. The van der Waals surface area contributed by atoms with E-state index >= 15 is 0 Å². The van der Waals surface area contributed by atoms with Crippen molar-refractivity contribution in [3.63, 3.8) is 0 Å². The molecule has 1 aliphatic rings. The van der Waals surface area contributed by atoms with Gasteiger partial charge in [-0.05, 0) is 19.3 Å². The van der Waals surface area contributed by atoms with E-state index in [9.17, 15) is 8.78 Å². The van der Waals surface area contributed by atoms with Crippen molar-refractivity contribution in [1.82, 2.24) is 9.97 Å². The van der Waals surface area contributed by atoms with Crippen molar-refractivity contribution < 1.29 is 13.5 Å². The van der Waals surface area contributed by atoms with Crippen molar-refractivity contribution >= 4 is 0 Å². The van der Waals surface area contributed by atoms with Gasteiger partial charge in [0, 0.05) is 18.2 Å². The van der Waals surface area contributed by atoms with Crippen molar-refractivity contribution in [1.29, 1.82) is 0 Å². The van der Waals surface area contributed by atoms with Crippen LogP contribution in [0.5, 0.6) is 0 Å². The Labute approximate surface area is 98.6 Å². The Kier molecular flexibility index (Phi) is 4.06. The maximum Gasteiger partial charge on any atom is 0.261 e. The molecule has 0 aliphatic heterocycles. The van der Waals surface area contributed by atoms with E-state index in [2.05, 4.69) is 9.97 Å². The van der Waals surface area contributed by atoms with Crippen LogP contribution in [0.3, 0.4) is 0 Å². The number of aromatic nitrogens is 2. The molecule has 17 heavy (non-hydrogen) atoms. The van der Waals surface area contributed by atoms with E-state index < -0.39 is 13.0 Å². The fourth-order valence-electron chi connectivity index (χ4n) is 2.07. The summed E-state index contributed by atoms with van der Waals surface area (Å²) in [5, 5.41) is 0. The minimum absolute atomic E-state index is 0.00531. The maximum absolute atomic E-state index is 11.8. The summed E-state index contributed by atoms with van der Waals surface area (Å²) < 4.78 is 28.5. The van der Waals surface area contributed by atoms with Gasteiger partial charge in [-0.1, -0.05) is 0 Å². The smallest absolute Gasteiger partial charge is 0.261 e. The number of hydrogen-bond donors (Lipinski definition) is 2. The molecule has 1 atom stereocenters. The lowest BCUT2D eigenvalue weighted by Crippen LogP contribution is -2.17. The molecule has 0 saturated carbocycles. The highest BCUT2D eigenvalue weighted by atomic mass is 19.3. The average Bonchev–Trinajstić information content (AvgIpc) is 2.69. The molecule has 2 rings (SSSR count). The van der Waals surface area contributed by atoms with E-state index in [1.165, 1.54) is 0 Å². The molecule has 1 unspecified atom stereocenters. The van der Waals surface area contributed by atoms with Crippen molar-refractivity contribution in [3.8, 4) is 0 Å². The van der Waals surface area contributed by atoms with Crippen LogP contribution in [0.4, 0.5) is 8.78 Å². The van der Waals surface area contributed by atoms with Gasteiger partial charge in [-0.15, -0.1) is 0 Å². The lowest BCUT2D eigenvalue weighted by Gasteiger charge is -2.15. The van der Waals surface area contributed by atoms with Crippen LogP contribution in [0.25, 0.3) is 0 Å². The lowest BCUT2D eigenvalue weighted by atomic mass is 9.97. The lowest BCUT2D eigenvalue weighted by molar-refractivity contribution is 0.0183. The molecule has 0 amide bonds. The number of aryl methyl sites for hydroxylation is 1. The Hall–Kier alpha value is -1.01. The van der Waals surface area contributed by atoms with Gasteiger partial charge in [0.15, 0.2) is 0 Å². The number of nitrogens with two attached hydrogens (primary N) is 1. The molecular weight excluding hydrogens is 228 g/mol. The van der Waals surface area contributed by atoms with Gasteiger partial charge >= 0.3 is 0 Å². The summed E-state index contributed by atoms with van der Waals surface area (Å²) in [6, 6.07) is 0.00531. The quantitative estimate of drug-likeness (QED) is 0.774. The van der Waals surface area contributed by atoms with Crippen molar-refractivity contribution in [2.75, 3.05) is 13.2 Å². The molecule has 0 bridgehead atoms. The zero-order valence-corrected chi connectivity index (χ0v) is 9.59. The summed E-state index contributed by atoms with van der Waals surface area (Å²) in [7, 11) is 0. The summed E-state index contributed by atoms with van der Waals surface area (Å²) in [6.07, 6.45) is 1.10. The molecule has 96 valence electrons. The van der Waals surface area contributed by atoms with Gasteiger partial charge in [-0.25, -0.2) is 13.8 Å². The monoisotopic (exact) mass is 245 g/mol. The number of H-pyrrole nitrogens is 1. The Morgan fingerprint density at radius 1 is 1.53 bits per heavy atom. The first-order valence-corrected chi connectivity index (χ1v) is 5.86. The van der Waals surface area contributed by atoms with E-state index in [4.69, 9.17) is 10.5 Å². The van der Waals surface area contributed by atoms with Crippen LogP contribution in [-0.2, 0) is 17.6 Å². The fourth-order valence-corrected chi connectivity index (χ4v) is 2.07. The Morgan fingerprint density at radius 3 is 3.06 bits per heavy atom. The molecule has 0 spiro atoms. The van der Waals surface area contributed by atoms with Crippen molar-refractivity contribution in [2.45, 2.75) is 38.2 Å². The standard InChI is InChI=1S/C11H17F2N3O/c12-9(13)6-17-5-4-10-15-8-3-1-2-7(14)11(8)16-10/h7,9H,1-6,14H2,(H,15,16). The molecule has 1 heterocycles. The predicted molar refractivity (Wildman–Crippen MR) is 59.0 cm³/mol. The zero-order chi connectivity index (χ0) is 12.3. The predicted octanol–water partition coefficient (Wildman–Crippen LogP) is 1.57. The number of nitrogens with one attached hydrogen (secondary N) is 1. The minimum atomic E-state index is -2.41. The minimum Gasteiger partial charge on any atom is -0.375 e. The highest BCUT2D eigenvalue weighted by molar-refractivity contribution is 5.21. The van der Waals surface area contributed by atoms with Crippen molar-refractivity contribution in [3.05, 3.63) is 17.2 Å². The molecule has 1 aromatic rings. The van der Waals surface area contributed by atoms with E-state index in [1.54, 1.807) is 0 Å². The van der Waals surface area contributed by atoms with Gasteiger partial charge < -0.3 is 15.5 Å². The van der Waals surface area contributed by atoms with Gasteiger partial charge in [0.05, 0.1) is 12.3 Å². The molecule has 0 aromatic carbocycles. The second kappa shape index (κ2) is 5.55. The third kappa shape index (κ3) is 3.23. The highest BCUT2D eigenvalue weighted by Crippen LogP contribution is 2.25. The summed E-state index contributed by atoms with van der Waals surface area (Å²) >= 11 is 0. The number of imidazole rings is 1. The molecule has 4 nitrogen and oxygen atoms in total. The average molecular weight is 245 g/mol. The van der Waals surface area contributed by atoms with E-state index in [1.807, 2.05) is 0 Å². The SMILES string of the molecule is NC1CCCc2[nH]c(CCOCC(F)F)nc21. The van der Waals surface area contributed by atoms with Gasteiger partial charge in [0.1, 0.15) is 12.4 Å². The summed E-state index contributed by atoms with van der Waals surface area (Å²) in [5.74, 6) is 0.779. The van der Waals surface area contributed by atoms with Crippen LogP contribution >= 0.6 is 0 Å². The first-order chi connectivity index (χ1) is 8.16. The van der Waals surface area contributed by atoms with Gasteiger partial charge in [-0.3, -0.25) is 0 Å². The van der Waals surface area contributed by atoms with Gasteiger partial charge in [-0.2, -0.15) is 0 Å². The van der Waals surface area contributed by atoms with Crippen LogP contribution in [0.2, 0.25) is 0 Å². The molecule has 0 saturated heterocycles. The Balaban J connectivity index is 1.85. The molecule has 3 N–H and O–H groups in total. The fraction of sp³-hybridized carbons (Fsp3) is 0.727. The second-order valence-corrected chi connectivity index (χ2v) is 4.26. The van der Waals surface area contributed by atoms with E-state index in [0.29, 0.717) is 6.42 Å². The maximum atomic E-state index is 11.8. The largest absolute Gasteiger partial charge is 0.375 e. The van der Waals surface area contributed by atoms with Gasteiger partial charge in [0.2, 0.25) is 0 Å². The molecular formula is C11H17F2N3O. The van der Waals surface area contributed by atoms with Crippen LogP contribution in [-0.4, -0.2) is 29.6 Å². The number of halogens is 2. The number of ether oxygens (including phenoxy) is 1. The molecule has 1 aromatic heterocycles. The normalized spacial score (nSPS) is 19.6. The summed E-state index contributed by atoms with van der Waals surface area (Å²) in [5.41, 5.74) is 7.96. The number of rotatable bonds is 5. The molecule has 0 radical (unpaired) electrons. The number of nitrogens with zero attached hydrogens (tertiary/aromatic N) is 1. The van der Waals surface area contributed by atoms with Crippen LogP contribution in [0.15, 0.2) is 0 Å². The molecule has 6 heteroatoms. The number of alkyl halides is 2. The zero-order valence-electron chi connectivity index (χ0n) is 9.59. The van der Waals surface area contributed by atoms with Crippen molar-refractivity contribution in [2.24, 2.45) is 5.73 Å². The van der Waals surface area contributed by atoms with Crippen LogP contribution in [0.1, 0.15) is 36.1 Å². The third-order valence-electron chi connectivity index (χ3n) is 2.88. The van der Waals surface area contributed by atoms with Gasteiger partial charge in [0.25, 0.3) is 6.43 Å². The first kappa shape index (κ1) is 12.4. The topological polar surface area (TPSA) is 63.9 Å². The van der Waals surface area contributed by atoms with Crippen LogP contribution < -0.4 is 5.73 Å². The third-order valence-corrected chi connectivity index (χ3v) is 2.88. The second-order valence-electron chi connectivity index (χ2n) is 4.26. The highest BCUT2D eigenvalue weighted by Gasteiger charge is 2.20. The van der Waals surface area contributed by atoms with E-state index in [0.717, 1.165) is 36.5 Å². The summed E-state index contributed by atoms with van der Waals surface area (Å²) in [6.45, 7) is -0.258. The summed E-state index contributed by atoms with van der Waals surface area (Å²) in [4.78, 5) is 7.59. The Morgan fingerprint density at radius 2 is 2.35 bits per heavy atom. The first-order valence-electron chi connectivity index (χ1n) is 5.86.